The van der Waals surface area contributed by atoms with Crippen LogP contribution in [0.15, 0.2) is 28.8 Å². The van der Waals surface area contributed by atoms with E-state index in [9.17, 15) is 4.79 Å². The number of likely N-dealkylation sites (N-methyl/N-ethyl adjacent to an activating group) is 1. The molecule has 0 aliphatic carbocycles. The second kappa shape index (κ2) is 7.41. The Hall–Kier alpha value is -2.45. The summed E-state index contributed by atoms with van der Waals surface area (Å²) in [6.45, 7) is 2.24. The summed E-state index contributed by atoms with van der Waals surface area (Å²) in [6, 6.07) is 7.42. The summed E-state index contributed by atoms with van der Waals surface area (Å²) in [6.07, 6.45) is -0.461. The van der Waals surface area contributed by atoms with E-state index in [-0.39, 0.29) is 5.91 Å². The van der Waals surface area contributed by atoms with Crippen LogP contribution in [0.1, 0.15) is 5.82 Å². The van der Waals surface area contributed by atoms with Gasteiger partial charge in [-0.05, 0) is 24.3 Å². The van der Waals surface area contributed by atoms with Crippen LogP contribution in [0.5, 0.6) is 5.75 Å². The second-order valence-corrected chi connectivity index (χ2v) is 5.45. The van der Waals surface area contributed by atoms with E-state index in [0.29, 0.717) is 31.4 Å². The number of aromatic nitrogens is 2. The summed E-state index contributed by atoms with van der Waals surface area (Å²) in [5, 5.41) is 6.62. The van der Waals surface area contributed by atoms with Crippen molar-refractivity contribution in [3.8, 4) is 17.2 Å². The highest BCUT2D eigenvalue weighted by molar-refractivity contribution is 5.80. The number of methoxy groups -OCH3 is 1. The highest BCUT2D eigenvalue weighted by atomic mass is 16.5. The largest absolute Gasteiger partial charge is 0.497 e. The van der Waals surface area contributed by atoms with Gasteiger partial charge in [-0.3, -0.25) is 9.69 Å². The van der Waals surface area contributed by atoms with E-state index in [1.165, 1.54) is 0 Å². The van der Waals surface area contributed by atoms with E-state index in [1.807, 2.05) is 24.3 Å². The standard InChI is InChI=1S/C16H20N4O4/c1-17-15(21)13-9-20(7-8-23-13)10-14-18-16(24-19-14)11-3-5-12(22-2)6-4-11/h3-6,13H,7-10H2,1-2H3,(H,17,21). The van der Waals surface area contributed by atoms with Crippen LogP contribution < -0.4 is 10.1 Å². The van der Waals surface area contributed by atoms with E-state index in [2.05, 4.69) is 20.4 Å². The Balaban J connectivity index is 1.64. The van der Waals surface area contributed by atoms with Gasteiger partial charge in [0.2, 0.25) is 5.91 Å². The van der Waals surface area contributed by atoms with Crippen molar-refractivity contribution in [3.63, 3.8) is 0 Å². The van der Waals surface area contributed by atoms with Gasteiger partial charge in [-0.1, -0.05) is 5.16 Å². The first-order chi connectivity index (χ1) is 11.7. The van der Waals surface area contributed by atoms with Gasteiger partial charge in [0.05, 0.1) is 20.3 Å². The molecule has 1 fully saturated rings. The van der Waals surface area contributed by atoms with Gasteiger partial charge in [-0.2, -0.15) is 4.98 Å². The maximum Gasteiger partial charge on any atom is 0.257 e. The second-order valence-electron chi connectivity index (χ2n) is 5.45. The van der Waals surface area contributed by atoms with Crippen molar-refractivity contribution in [1.82, 2.24) is 20.4 Å². The maximum atomic E-state index is 11.7. The fraction of sp³-hybridized carbons (Fsp3) is 0.438. The molecule has 24 heavy (non-hydrogen) atoms. The van der Waals surface area contributed by atoms with Gasteiger partial charge in [0.15, 0.2) is 5.82 Å². The minimum Gasteiger partial charge on any atom is -0.497 e. The molecule has 3 rings (SSSR count). The van der Waals surface area contributed by atoms with Crippen LogP contribution in [0.4, 0.5) is 0 Å². The third-order valence-electron chi connectivity index (χ3n) is 3.86. The predicted molar refractivity (Wildman–Crippen MR) is 85.4 cm³/mol. The molecule has 1 aromatic heterocycles. The Morgan fingerprint density at radius 2 is 2.21 bits per heavy atom. The summed E-state index contributed by atoms with van der Waals surface area (Å²) in [5.74, 6) is 1.70. The lowest BCUT2D eigenvalue weighted by Gasteiger charge is -2.30. The summed E-state index contributed by atoms with van der Waals surface area (Å²) in [5.41, 5.74) is 0.833. The first-order valence-corrected chi connectivity index (χ1v) is 7.72. The van der Waals surface area contributed by atoms with E-state index in [1.54, 1.807) is 14.2 Å². The quantitative estimate of drug-likeness (QED) is 0.861. The van der Waals surface area contributed by atoms with Crippen molar-refractivity contribution in [1.29, 1.82) is 0 Å². The molecule has 8 heteroatoms. The summed E-state index contributed by atoms with van der Waals surface area (Å²) >= 11 is 0. The molecule has 2 aromatic rings. The highest BCUT2D eigenvalue weighted by Gasteiger charge is 2.26. The predicted octanol–water partition coefficient (Wildman–Crippen LogP) is 0.692. The first-order valence-electron chi connectivity index (χ1n) is 7.72. The lowest BCUT2D eigenvalue weighted by Crippen LogP contribution is -2.48. The molecule has 1 N–H and O–H groups in total. The van der Waals surface area contributed by atoms with Crippen LogP contribution in [0.2, 0.25) is 0 Å². The van der Waals surface area contributed by atoms with Crippen LogP contribution in [-0.4, -0.2) is 60.9 Å². The molecule has 1 aliphatic heterocycles. The van der Waals surface area contributed by atoms with Gasteiger partial charge in [-0.25, -0.2) is 0 Å². The number of carbonyl (C=O) groups is 1. The number of hydrogen-bond acceptors (Lipinski definition) is 7. The first kappa shape index (κ1) is 16.4. The number of morpholine rings is 1. The molecule has 1 saturated heterocycles. The molecule has 128 valence electrons. The topological polar surface area (TPSA) is 89.7 Å². The number of ether oxygens (including phenoxy) is 2. The van der Waals surface area contributed by atoms with Crippen molar-refractivity contribution in [2.45, 2.75) is 12.6 Å². The Morgan fingerprint density at radius 1 is 1.42 bits per heavy atom. The number of rotatable bonds is 5. The lowest BCUT2D eigenvalue weighted by atomic mass is 10.2. The Labute approximate surface area is 139 Å². The van der Waals surface area contributed by atoms with Crippen molar-refractivity contribution in [3.05, 3.63) is 30.1 Å². The molecule has 1 aliphatic rings. The highest BCUT2D eigenvalue weighted by Crippen LogP contribution is 2.21. The van der Waals surface area contributed by atoms with Crippen molar-refractivity contribution >= 4 is 5.91 Å². The summed E-state index contributed by atoms with van der Waals surface area (Å²) in [4.78, 5) is 18.2. The van der Waals surface area contributed by atoms with Gasteiger partial charge in [-0.15, -0.1) is 0 Å². The zero-order chi connectivity index (χ0) is 16.9. The molecule has 2 heterocycles. The molecule has 1 aromatic carbocycles. The molecular formula is C16H20N4O4. The minimum absolute atomic E-state index is 0.119. The Kier molecular flexibility index (Phi) is 5.07. The van der Waals surface area contributed by atoms with Gasteiger partial charge in [0.25, 0.3) is 5.89 Å². The number of benzene rings is 1. The molecule has 0 bridgehead atoms. The minimum atomic E-state index is -0.461. The van der Waals surface area contributed by atoms with Gasteiger partial charge < -0.3 is 19.3 Å². The van der Waals surface area contributed by atoms with Crippen LogP contribution >= 0.6 is 0 Å². The third kappa shape index (κ3) is 3.72. The molecule has 1 atom stereocenters. The SMILES string of the molecule is CNC(=O)C1CN(Cc2noc(-c3ccc(OC)cc3)n2)CCO1. The molecule has 8 nitrogen and oxygen atoms in total. The average molecular weight is 332 g/mol. The van der Waals surface area contributed by atoms with Crippen molar-refractivity contribution < 1.29 is 18.8 Å². The normalized spacial score (nSPS) is 18.3. The van der Waals surface area contributed by atoms with Crippen molar-refractivity contribution in [2.24, 2.45) is 0 Å². The molecule has 0 spiro atoms. The number of nitrogens with one attached hydrogen (secondary N) is 1. The van der Waals surface area contributed by atoms with Gasteiger partial charge >= 0.3 is 0 Å². The molecular weight excluding hydrogens is 312 g/mol. The fourth-order valence-corrected chi connectivity index (χ4v) is 2.53. The monoisotopic (exact) mass is 332 g/mol. The number of carbonyl (C=O) groups excluding carboxylic acids is 1. The number of nitrogens with zero attached hydrogens (tertiary/aromatic N) is 3. The smallest absolute Gasteiger partial charge is 0.257 e. The van der Waals surface area contributed by atoms with Crippen LogP contribution in [-0.2, 0) is 16.1 Å². The number of hydrogen-bond donors (Lipinski definition) is 1. The van der Waals surface area contributed by atoms with E-state index < -0.39 is 6.10 Å². The molecule has 0 saturated carbocycles. The fourth-order valence-electron chi connectivity index (χ4n) is 2.53. The van der Waals surface area contributed by atoms with Gasteiger partial charge in [0.1, 0.15) is 11.9 Å². The van der Waals surface area contributed by atoms with Crippen LogP contribution in [0, 0.1) is 0 Å². The van der Waals surface area contributed by atoms with E-state index in [4.69, 9.17) is 14.0 Å². The molecule has 1 amide bonds. The Morgan fingerprint density at radius 3 is 2.92 bits per heavy atom. The van der Waals surface area contributed by atoms with E-state index in [0.717, 1.165) is 17.9 Å². The van der Waals surface area contributed by atoms with Crippen LogP contribution in [0.25, 0.3) is 11.5 Å². The van der Waals surface area contributed by atoms with Gasteiger partial charge in [0, 0.05) is 25.7 Å². The zero-order valence-electron chi connectivity index (χ0n) is 13.7. The molecule has 0 radical (unpaired) electrons. The third-order valence-corrected chi connectivity index (χ3v) is 3.86. The summed E-state index contributed by atoms with van der Waals surface area (Å²) in [7, 11) is 3.22. The zero-order valence-corrected chi connectivity index (χ0v) is 13.7. The summed E-state index contributed by atoms with van der Waals surface area (Å²) < 4.78 is 15.9. The van der Waals surface area contributed by atoms with Crippen molar-refractivity contribution in [2.75, 3.05) is 33.9 Å². The maximum absolute atomic E-state index is 11.7. The average Bonchev–Trinajstić information content (AvgIpc) is 3.09. The van der Waals surface area contributed by atoms with Crippen LogP contribution in [0.3, 0.4) is 0 Å². The number of amides is 1. The molecule has 1 unspecified atom stereocenters. The van der Waals surface area contributed by atoms with E-state index >= 15 is 0 Å². The Bertz CT molecular complexity index is 686. The lowest BCUT2D eigenvalue weighted by molar-refractivity contribution is -0.138.